The first kappa shape index (κ1) is 12.0. The fourth-order valence-corrected chi connectivity index (χ4v) is 2.40. The van der Waals surface area contributed by atoms with Crippen LogP contribution in [-0.2, 0) is 13.0 Å². The largest absolute Gasteiger partial charge is 0.328 e. The summed E-state index contributed by atoms with van der Waals surface area (Å²) in [5.41, 5.74) is 3.40. The van der Waals surface area contributed by atoms with Gasteiger partial charge in [-0.05, 0) is 19.1 Å². The third-order valence-electron chi connectivity index (χ3n) is 3.37. The Balaban J connectivity index is 2.07. The highest BCUT2D eigenvalue weighted by Gasteiger charge is 2.19. The van der Waals surface area contributed by atoms with E-state index in [1.165, 1.54) is 5.56 Å². The number of anilines is 2. The maximum atomic E-state index is 4.61. The van der Waals surface area contributed by atoms with Crippen molar-refractivity contribution in [3.05, 3.63) is 41.6 Å². The predicted molar refractivity (Wildman–Crippen MR) is 74.5 cm³/mol. The number of fused-ring (bicyclic) bond motifs is 1. The molecule has 5 heteroatoms. The van der Waals surface area contributed by atoms with Gasteiger partial charge < -0.3 is 10.2 Å². The number of hydrogen-bond donors (Lipinski definition) is 1. The predicted octanol–water partition coefficient (Wildman–Crippen LogP) is 1.59. The lowest BCUT2D eigenvalue weighted by molar-refractivity contribution is 0.622. The molecule has 1 aliphatic rings. The van der Waals surface area contributed by atoms with Crippen LogP contribution in [0.2, 0.25) is 0 Å². The van der Waals surface area contributed by atoms with Gasteiger partial charge in [-0.25, -0.2) is 9.97 Å². The first-order valence-corrected chi connectivity index (χ1v) is 6.46. The zero-order chi connectivity index (χ0) is 13.2. The van der Waals surface area contributed by atoms with Crippen LogP contribution < -0.4 is 10.2 Å². The molecule has 2 aromatic rings. The van der Waals surface area contributed by atoms with Crippen LogP contribution in [0.4, 0.5) is 11.5 Å². The van der Waals surface area contributed by atoms with Crippen molar-refractivity contribution in [3.63, 3.8) is 0 Å². The molecule has 5 nitrogen and oxygen atoms in total. The van der Waals surface area contributed by atoms with Crippen molar-refractivity contribution in [2.45, 2.75) is 19.9 Å². The van der Waals surface area contributed by atoms with Crippen molar-refractivity contribution in [2.24, 2.45) is 0 Å². The molecule has 0 fully saturated rings. The van der Waals surface area contributed by atoms with Gasteiger partial charge in [-0.1, -0.05) is 0 Å². The second kappa shape index (κ2) is 4.93. The molecule has 0 aliphatic carbocycles. The Bertz CT molecular complexity index is 582. The number of rotatable bonds is 2. The SMILES string of the molecule is Cc1nc2c(c(N(C)c3cccnc3)n1)CNCC2. The normalized spacial score (nSPS) is 14.0. The highest BCUT2D eigenvalue weighted by Crippen LogP contribution is 2.27. The molecule has 1 aliphatic heterocycles. The number of nitrogens with one attached hydrogen (secondary N) is 1. The van der Waals surface area contributed by atoms with E-state index in [2.05, 4.69) is 25.2 Å². The summed E-state index contributed by atoms with van der Waals surface area (Å²) in [6, 6.07) is 3.97. The molecule has 0 saturated carbocycles. The van der Waals surface area contributed by atoms with Crippen molar-refractivity contribution >= 4 is 11.5 Å². The fraction of sp³-hybridized carbons (Fsp3) is 0.357. The van der Waals surface area contributed by atoms with Gasteiger partial charge in [0.15, 0.2) is 0 Å². The monoisotopic (exact) mass is 255 g/mol. The molecule has 3 heterocycles. The number of pyridine rings is 1. The Kier molecular flexibility index (Phi) is 3.13. The molecule has 0 unspecified atom stereocenters. The van der Waals surface area contributed by atoms with Gasteiger partial charge in [0.2, 0.25) is 0 Å². The summed E-state index contributed by atoms with van der Waals surface area (Å²) >= 11 is 0. The van der Waals surface area contributed by atoms with Crippen molar-refractivity contribution < 1.29 is 0 Å². The highest BCUT2D eigenvalue weighted by atomic mass is 15.2. The summed E-state index contributed by atoms with van der Waals surface area (Å²) in [5, 5.41) is 3.38. The van der Waals surface area contributed by atoms with Gasteiger partial charge >= 0.3 is 0 Å². The maximum Gasteiger partial charge on any atom is 0.141 e. The van der Waals surface area contributed by atoms with Gasteiger partial charge in [0.1, 0.15) is 11.6 Å². The third-order valence-corrected chi connectivity index (χ3v) is 3.37. The lowest BCUT2D eigenvalue weighted by atomic mass is 10.1. The molecule has 2 aromatic heterocycles. The van der Waals surface area contributed by atoms with E-state index in [0.29, 0.717) is 0 Å². The molecule has 1 N–H and O–H groups in total. The van der Waals surface area contributed by atoms with Crippen LogP contribution in [0.1, 0.15) is 17.1 Å². The molecule has 0 radical (unpaired) electrons. The smallest absolute Gasteiger partial charge is 0.141 e. The Hall–Kier alpha value is -2.01. The van der Waals surface area contributed by atoms with Gasteiger partial charge in [-0.3, -0.25) is 4.98 Å². The van der Waals surface area contributed by atoms with Crippen LogP contribution >= 0.6 is 0 Å². The lowest BCUT2D eigenvalue weighted by Crippen LogP contribution is -2.28. The van der Waals surface area contributed by atoms with Crippen molar-refractivity contribution in [3.8, 4) is 0 Å². The average molecular weight is 255 g/mol. The molecule has 0 atom stereocenters. The summed E-state index contributed by atoms with van der Waals surface area (Å²) in [7, 11) is 2.02. The summed E-state index contributed by atoms with van der Waals surface area (Å²) in [6.45, 7) is 3.76. The third kappa shape index (κ3) is 2.29. The van der Waals surface area contributed by atoms with Crippen LogP contribution in [0.25, 0.3) is 0 Å². The first-order valence-electron chi connectivity index (χ1n) is 6.46. The van der Waals surface area contributed by atoms with Gasteiger partial charge in [0.05, 0.1) is 17.6 Å². The second-order valence-electron chi connectivity index (χ2n) is 4.72. The molecule has 0 spiro atoms. The molecule has 0 aromatic carbocycles. The minimum Gasteiger partial charge on any atom is -0.328 e. The first-order chi connectivity index (χ1) is 9.25. The number of nitrogens with zero attached hydrogens (tertiary/aromatic N) is 4. The van der Waals surface area contributed by atoms with E-state index < -0.39 is 0 Å². The lowest BCUT2D eigenvalue weighted by Gasteiger charge is -2.25. The standard InChI is InChI=1S/C14H17N5/c1-10-17-13-5-7-16-9-12(13)14(18-10)19(2)11-4-3-6-15-8-11/h3-4,6,8,16H,5,7,9H2,1-2H3. The topological polar surface area (TPSA) is 53.9 Å². The quantitative estimate of drug-likeness (QED) is 0.883. The van der Waals surface area contributed by atoms with Crippen LogP contribution in [0.3, 0.4) is 0 Å². The van der Waals surface area contributed by atoms with Gasteiger partial charge in [0.25, 0.3) is 0 Å². The van der Waals surface area contributed by atoms with E-state index in [1.54, 1.807) is 6.20 Å². The molecule has 3 rings (SSSR count). The average Bonchev–Trinajstić information content (AvgIpc) is 2.46. The zero-order valence-electron chi connectivity index (χ0n) is 11.2. The number of aromatic nitrogens is 3. The van der Waals surface area contributed by atoms with Crippen molar-refractivity contribution in [1.29, 1.82) is 0 Å². The van der Waals surface area contributed by atoms with E-state index in [4.69, 9.17) is 0 Å². The molecule has 0 bridgehead atoms. The molecule has 0 saturated heterocycles. The van der Waals surface area contributed by atoms with Crippen LogP contribution in [-0.4, -0.2) is 28.5 Å². The van der Waals surface area contributed by atoms with Crippen molar-refractivity contribution in [2.75, 3.05) is 18.5 Å². The van der Waals surface area contributed by atoms with E-state index >= 15 is 0 Å². The fourth-order valence-electron chi connectivity index (χ4n) is 2.40. The second-order valence-corrected chi connectivity index (χ2v) is 4.72. The minimum absolute atomic E-state index is 0.825. The Morgan fingerprint density at radius 2 is 2.21 bits per heavy atom. The number of hydrogen-bond acceptors (Lipinski definition) is 5. The Labute approximate surface area is 112 Å². The molecule has 0 amide bonds. The van der Waals surface area contributed by atoms with Crippen molar-refractivity contribution in [1.82, 2.24) is 20.3 Å². The summed E-state index contributed by atoms with van der Waals surface area (Å²) in [4.78, 5) is 15.4. The van der Waals surface area contributed by atoms with Gasteiger partial charge in [-0.2, -0.15) is 0 Å². The summed E-state index contributed by atoms with van der Waals surface area (Å²) in [6.07, 6.45) is 4.59. The van der Waals surface area contributed by atoms with Crippen LogP contribution in [0.5, 0.6) is 0 Å². The van der Waals surface area contributed by atoms with Crippen LogP contribution in [0, 0.1) is 6.92 Å². The number of aryl methyl sites for hydroxylation is 1. The van der Waals surface area contributed by atoms with Crippen LogP contribution in [0.15, 0.2) is 24.5 Å². The molecular formula is C14H17N5. The summed E-state index contributed by atoms with van der Waals surface area (Å²) in [5.74, 6) is 1.80. The Morgan fingerprint density at radius 3 is 3.00 bits per heavy atom. The van der Waals surface area contributed by atoms with E-state index in [1.807, 2.05) is 32.3 Å². The minimum atomic E-state index is 0.825. The maximum absolute atomic E-state index is 4.61. The molecule has 19 heavy (non-hydrogen) atoms. The molecular weight excluding hydrogens is 238 g/mol. The summed E-state index contributed by atoms with van der Waals surface area (Å²) < 4.78 is 0. The van der Waals surface area contributed by atoms with Gasteiger partial charge in [-0.15, -0.1) is 0 Å². The highest BCUT2D eigenvalue weighted by molar-refractivity contribution is 5.62. The van der Waals surface area contributed by atoms with Gasteiger partial charge in [0, 0.05) is 38.3 Å². The van der Waals surface area contributed by atoms with E-state index in [0.717, 1.165) is 42.5 Å². The zero-order valence-corrected chi connectivity index (χ0v) is 11.2. The van der Waals surface area contributed by atoms with E-state index in [-0.39, 0.29) is 0 Å². The molecule has 98 valence electrons. The van der Waals surface area contributed by atoms with E-state index in [9.17, 15) is 0 Å². The Morgan fingerprint density at radius 1 is 1.32 bits per heavy atom.